The van der Waals surface area contributed by atoms with Crippen molar-refractivity contribution in [2.24, 2.45) is 5.92 Å². The van der Waals surface area contributed by atoms with Gasteiger partial charge in [-0.05, 0) is 68.0 Å². The summed E-state index contributed by atoms with van der Waals surface area (Å²) in [6.45, 7) is 8.98. The number of hydrogen-bond acceptors (Lipinski definition) is 3. The molecule has 4 rings (SSSR count). The van der Waals surface area contributed by atoms with Crippen molar-refractivity contribution >= 4 is 35.0 Å². The van der Waals surface area contributed by atoms with Crippen LogP contribution in [-0.2, 0) is 9.59 Å². The van der Waals surface area contributed by atoms with Gasteiger partial charge in [0.1, 0.15) is 0 Å². The Morgan fingerprint density at radius 3 is 1.86 bits per heavy atom. The van der Waals surface area contributed by atoms with E-state index in [0.29, 0.717) is 18.9 Å². The molecule has 2 atom stereocenters. The van der Waals surface area contributed by atoms with Gasteiger partial charge in [0.05, 0.1) is 6.04 Å². The lowest BCUT2D eigenvalue weighted by Gasteiger charge is -2.48. The first-order chi connectivity index (χ1) is 16.7. The van der Waals surface area contributed by atoms with Gasteiger partial charge in [0, 0.05) is 61.7 Å². The van der Waals surface area contributed by atoms with Crippen LogP contribution in [0.4, 0.5) is 0 Å². The van der Waals surface area contributed by atoms with Crippen LogP contribution in [0.25, 0.3) is 0 Å². The van der Waals surface area contributed by atoms with Crippen molar-refractivity contribution in [2.75, 3.05) is 26.2 Å². The van der Waals surface area contributed by atoms with E-state index in [2.05, 4.69) is 47.9 Å². The van der Waals surface area contributed by atoms with Crippen molar-refractivity contribution in [1.29, 1.82) is 0 Å². The van der Waals surface area contributed by atoms with Crippen LogP contribution in [0, 0.1) is 5.92 Å². The summed E-state index contributed by atoms with van der Waals surface area (Å²) in [6.07, 6.45) is 2.38. The Kier molecular flexibility index (Phi) is 8.41. The molecule has 5 nitrogen and oxygen atoms in total. The highest BCUT2D eigenvalue weighted by molar-refractivity contribution is 6.30. The molecule has 7 heteroatoms. The standard InChI is InChI=1S/C28H35Cl2N3O2/c1-19-18-33(28(23-4-8-25(29)9-5-23)24-6-10-26(30)11-7-24)20(2)17-32(19)27(35)16-22-12-14-31(15-13-22)21(3)34/h4-11,19-20,22,28H,12-18H2,1-3H3/t19-,20+/m0/s1. The van der Waals surface area contributed by atoms with Crippen LogP contribution in [-0.4, -0.2) is 64.8 Å². The molecule has 2 fully saturated rings. The predicted molar refractivity (Wildman–Crippen MR) is 142 cm³/mol. The first-order valence-corrected chi connectivity index (χ1v) is 13.3. The highest BCUT2D eigenvalue weighted by atomic mass is 35.5. The van der Waals surface area contributed by atoms with Gasteiger partial charge in [0.25, 0.3) is 0 Å². The fourth-order valence-corrected chi connectivity index (χ4v) is 5.79. The van der Waals surface area contributed by atoms with Gasteiger partial charge in [-0.1, -0.05) is 47.5 Å². The molecule has 35 heavy (non-hydrogen) atoms. The second-order valence-corrected chi connectivity index (χ2v) is 11.0. The first kappa shape index (κ1) is 26.0. The van der Waals surface area contributed by atoms with E-state index in [-0.39, 0.29) is 29.9 Å². The number of piperazine rings is 1. The average molecular weight is 517 g/mol. The van der Waals surface area contributed by atoms with Gasteiger partial charge in [0.15, 0.2) is 0 Å². The minimum Gasteiger partial charge on any atom is -0.343 e. The summed E-state index contributed by atoms with van der Waals surface area (Å²) in [5, 5.41) is 1.43. The number of likely N-dealkylation sites (tertiary alicyclic amines) is 1. The molecule has 2 aromatic rings. The maximum absolute atomic E-state index is 13.3. The number of carbonyl (C=O) groups excluding carboxylic acids is 2. The third-order valence-corrected chi connectivity index (χ3v) is 8.08. The first-order valence-electron chi connectivity index (χ1n) is 12.5. The Balaban J connectivity index is 1.47. The number of benzene rings is 2. The molecule has 188 valence electrons. The van der Waals surface area contributed by atoms with E-state index in [4.69, 9.17) is 23.2 Å². The van der Waals surface area contributed by atoms with Gasteiger partial charge in [-0.25, -0.2) is 0 Å². The van der Waals surface area contributed by atoms with Gasteiger partial charge < -0.3 is 9.80 Å². The fourth-order valence-electron chi connectivity index (χ4n) is 5.54. The molecular weight excluding hydrogens is 481 g/mol. The lowest BCUT2D eigenvalue weighted by Crippen LogP contribution is -2.59. The number of nitrogens with zero attached hydrogens (tertiary/aromatic N) is 3. The van der Waals surface area contributed by atoms with Gasteiger partial charge in [-0.15, -0.1) is 0 Å². The molecule has 0 N–H and O–H groups in total. The smallest absolute Gasteiger partial charge is 0.223 e. The summed E-state index contributed by atoms with van der Waals surface area (Å²) in [5.41, 5.74) is 2.35. The van der Waals surface area contributed by atoms with Crippen molar-refractivity contribution in [2.45, 2.75) is 58.2 Å². The molecule has 0 saturated carbocycles. The van der Waals surface area contributed by atoms with Crippen LogP contribution in [0.1, 0.15) is 57.2 Å². The van der Waals surface area contributed by atoms with Crippen molar-refractivity contribution in [3.63, 3.8) is 0 Å². The summed E-state index contributed by atoms with van der Waals surface area (Å²) in [6, 6.07) is 16.4. The lowest BCUT2D eigenvalue weighted by atomic mass is 9.91. The summed E-state index contributed by atoms with van der Waals surface area (Å²) in [5.74, 6) is 0.721. The predicted octanol–water partition coefficient (Wildman–Crippen LogP) is 5.65. The van der Waals surface area contributed by atoms with Crippen LogP contribution in [0.5, 0.6) is 0 Å². The van der Waals surface area contributed by atoms with Crippen molar-refractivity contribution in [3.8, 4) is 0 Å². The Labute approximate surface area is 219 Å². The van der Waals surface area contributed by atoms with E-state index in [1.807, 2.05) is 29.2 Å². The largest absolute Gasteiger partial charge is 0.343 e. The molecule has 0 bridgehead atoms. The van der Waals surface area contributed by atoms with Crippen molar-refractivity contribution in [3.05, 3.63) is 69.7 Å². The zero-order valence-electron chi connectivity index (χ0n) is 20.8. The molecule has 0 aliphatic carbocycles. The van der Waals surface area contributed by atoms with E-state index in [1.54, 1.807) is 6.92 Å². The third-order valence-electron chi connectivity index (χ3n) is 7.58. The molecule has 2 aliphatic heterocycles. The fraction of sp³-hybridized carbons (Fsp3) is 0.500. The normalized spacial score (nSPS) is 22.0. The van der Waals surface area contributed by atoms with Gasteiger partial charge >= 0.3 is 0 Å². The summed E-state index contributed by atoms with van der Waals surface area (Å²) < 4.78 is 0. The van der Waals surface area contributed by atoms with E-state index in [0.717, 1.165) is 42.5 Å². The van der Waals surface area contributed by atoms with Crippen LogP contribution in [0.15, 0.2) is 48.5 Å². The van der Waals surface area contributed by atoms with Gasteiger partial charge in [-0.3, -0.25) is 14.5 Å². The number of amides is 2. The summed E-state index contributed by atoms with van der Waals surface area (Å²) in [4.78, 5) is 31.4. The molecule has 0 aromatic heterocycles. The maximum Gasteiger partial charge on any atom is 0.223 e. The quantitative estimate of drug-likeness (QED) is 0.516. The molecular formula is C28H35Cl2N3O2. The van der Waals surface area contributed by atoms with Crippen LogP contribution >= 0.6 is 23.2 Å². The van der Waals surface area contributed by atoms with E-state index < -0.39 is 0 Å². The van der Waals surface area contributed by atoms with Gasteiger partial charge in [-0.2, -0.15) is 0 Å². The third kappa shape index (κ3) is 6.19. The molecule has 2 amide bonds. The Morgan fingerprint density at radius 1 is 0.857 bits per heavy atom. The number of rotatable bonds is 5. The Morgan fingerprint density at radius 2 is 1.37 bits per heavy atom. The average Bonchev–Trinajstić information content (AvgIpc) is 2.83. The maximum atomic E-state index is 13.3. The minimum atomic E-state index is 0.0511. The van der Waals surface area contributed by atoms with Crippen molar-refractivity contribution < 1.29 is 9.59 Å². The van der Waals surface area contributed by atoms with Crippen LogP contribution in [0.3, 0.4) is 0 Å². The molecule has 0 unspecified atom stereocenters. The minimum absolute atomic E-state index is 0.0511. The molecule has 2 heterocycles. The topological polar surface area (TPSA) is 43.9 Å². The van der Waals surface area contributed by atoms with E-state index in [9.17, 15) is 9.59 Å². The number of piperidine rings is 1. The molecule has 2 aliphatic rings. The number of halogens is 2. The molecule has 2 aromatic carbocycles. The Bertz CT molecular complexity index is 974. The second kappa shape index (κ2) is 11.3. The van der Waals surface area contributed by atoms with E-state index in [1.165, 1.54) is 11.1 Å². The van der Waals surface area contributed by atoms with Crippen molar-refractivity contribution in [1.82, 2.24) is 14.7 Å². The molecule has 2 saturated heterocycles. The second-order valence-electron chi connectivity index (χ2n) is 10.1. The zero-order chi connectivity index (χ0) is 25.1. The monoisotopic (exact) mass is 515 g/mol. The summed E-state index contributed by atoms with van der Waals surface area (Å²) >= 11 is 12.4. The summed E-state index contributed by atoms with van der Waals surface area (Å²) in [7, 11) is 0. The number of hydrogen-bond donors (Lipinski definition) is 0. The highest BCUT2D eigenvalue weighted by Crippen LogP contribution is 2.35. The van der Waals surface area contributed by atoms with Crippen LogP contribution in [0.2, 0.25) is 10.0 Å². The SMILES string of the molecule is CC(=O)N1CCC(CC(=O)N2C[C@@H](C)N(C(c3ccc(Cl)cc3)c3ccc(Cl)cc3)C[C@@H]2C)CC1. The lowest BCUT2D eigenvalue weighted by molar-refractivity contribution is -0.139. The number of carbonyl (C=O) groups is 2. The Hall–Kier alpha value is -2.08. The van der Waals surface area contributed by atoms with Crippen LogP contribution < -0.4 is 0 Å². The van der Waals surface area contributed by atoms with E-state index >= 15 is 0 Å². The molecule has 0 radical (unpaired) electrons. The highest BCUT2D eigenvalue weighted by Gasteiger charge is 2.37. The molecule has 0 spiro atoms. The zero-order valence-corrected chi connectivity index (χ0v) is 22.3. The van der Waals surface area contributed by atoms with Gasteiger partial charge in [0.2, 0.25) is 11.8 Å².